The van der Waals surface area contributed by atoms with Gasteiger partial charge in [0, 0.05) is 30.4 Å². The Balaban J connectivity index is 1.77. The third-order valence-electron chi connectivity index (χ3n) is 4.56. The number of carbonyl (C=O) groups is 1. The van der Waals surface area contributed by atoms with Gasteiger partial charge >= 0.3 is 0 Å². The van der Waals surface area contributed by atoms with Crippen molar-refractivity contribution in [2.24, 2.45) is 0 Å². The molecular weight excluding hydrogens is 292 g/mol. The van der Waals surface area contributed by atoms with Gasteiger partial charge in [-0.2, -0.15) is 5.10 Å². The van der Waals surface area contributed by atoms with Gasteiger partial charge in [0.2, 0.25) is 5.91 Å². The van der Waals surface area contributed by atoms with E-state index in [1.165, 1.54) is 0 Å². The minimum Gasteiger partial charge on any atom is -0.377 e. The van der Waals surface area contributed by atoms with Crippen molar-refractivity contribution in [2.45, 2.75) is 46.6 Å². The van der Waals surface area contributed by atoms with Gasteiger partial charge in [-0.3, -0.25) is 4.79 Å². The minimum absolute atomic E-state index is 0.160. The predicted molar refractivity (Wildman–Crippen MR) is 87.5 cm³/mol. The second-order valence-electron chi connectivity index (χ2n) is 6.33. The second kappa shape index (κ2) is 6.28. The van der Waals surface area contributed by atoms with Crippen LogP contribution in [0.1, 0.15) is 36.0 Å². The lowest BCUT2D eigenvalue weighted by Crippen LogP contribution is -2.47. The minimum atomic E-state index is 0.160. The van der Waals surface area contributed by atoms with E-state index in [-0.39, 0.29) is 11.9 Å². The van der Waals surface area contributed by atoms with Gasteiger partial charge in [0.05, 0.1) is 24.9 Å². The molecule has 0 spiro atoms. The molecule has 1 fully saturated rings. The molecule has 2 aromatic rings. The van der Waals surface area contributed by atoms with E-state index in [0.717, 1.165) is 28.3 Å². The van der Waals surface area contributed by atoms with Crippen molar-refractivity contribution in [3.8, 4) is 0 Å². The first-order chi connectivity index (χ1) is 11.0. The number of hydrogen-bond acceptors (Lipinski definition) is 4. The number of rotatable bonds is 3. The van der Waals surface area contributed by atoms with Crippen LogP contribution in [0.2, 0.25) is 0 Å². The first kappa shape index (κ1) is 15.9. The molecule has 6 nitrogen and oxygen atoms in total. The molecule has 0 N–H and O–H groups in total. The zero-order valence-corrected chi connectivity index (χ0v) is 14.3. The topological polar surface area (TPSA) is 59.7 Å². The van der Waals surface area contributed by atoms with Gasteiger partial charge in [-0.1, -0.05) is 0 Å². The second-order valence-corrected chi connectivity index (χ2v) is 6.33. The monoisotopic (exact) mass is 316 g/mol. The molecule has 3 heterocycles. The fraction of sp³-hybridized carbons (Fsp3) is 0.588. The number of nitrogens with zero attached hydrogens (tertiary/aromatic N) is 4. The fourth-order valence-corrected chi connectivity index (χ4v) is 3.28. The molecule has 0 aliphatic carbocycles. The Kier molecular flexibility index (Phi) is 4.35. The van der Waals surface area contributed by atoms with Crippen molar-refractivity contribution in [1.82, 2.24) is 19.5 Å². The highest BCUT2D eigenvalue weighted by atomic mass is 16.5. The Hall–Kier alpha value is -1.95. The van der Waals surface area contributed by atoms with Crippen molar-refractivity contribution in [1.29, 1.82) is 0 Å². The van der Waals surface area contributed by atoms with Crippen LogP contribution in [0.3, 0.4) is 0 Å². The number of aryl methyl sites for hydroxylation is 3. The molecule has 124 valence electrons. The van der Waals surface area contributed by atoms with E-state index in [4.69, 9.17) is 4.74 Å². The van der Waals surface area contributed by atoms with Gasteiger partial charge in [-0.25, -0.2) is 9.50 Å². The van der Waals surface area contributed by atoms with Gasteiger partial charge in [0.25, 0.3) is 0 Å². The molecule has 1 saturated heterocycles. The molecule has 0 aromatic carbocycles. The molecule has 2 aromatic heterocycles. The zero-order valence-electron chi connectivity index (χ0n) is 14.3. The summed E-state index contributed by atoms with van der Waals surface area (Å²) in [5.74, 6) is 0.191. The molecule has 1 aliphatic heterocycles. The molecule has 0 saturated carbocycles. The molecule has 3 rings (SSSR count). The maximum Gasteiger partial charge on any atom is 0.223 e. The number of morpholine rings is 1. The molecule has 0 unspecified atom stereocenters. The number of fused-ring (bicyclic) bond motifs is 1. The Morgan fingerprint density at radius 1 is 1.39 bits per heavy atom. The van der Waals surface area contributed by atoms with Crippen LogP contribution in [0.15, 0.2) is 6.07 Å². The van der Waals surface area contributed by atoms with E-state index in [0.29, 0.717) is 32.6 Å². The number of amides is 1. The Bertz CT molecular complexity index is 738. The number of aromatic nitrogens is 3. The summed E-state index contributed by atoms with van der Waals surface area (Å²) in [6.07, 6.45) is 1.20. The average molecular weight is 316 g/mol. The normalized spacial score (nSPS) is 18.6. The summed E-state index contributed by atoms with van der Waals surface area (Å²) < 4.78 is 7.27. The standard InChI is InChI=1S/C17H24N4O2/c1-11-9-16-18-13(3)15(14(4)21(16)19-11)5-6-17(22)20-7-8-23-10-12(20)2/h9,12H,5-8,10H2,1-4H3/t12-/m1/s1. The van der Waals surface area contributed by atoms with Gasteiger partial charge < -0.3 is 9.64 Å². The van der Waals surface area contributed by atoms with Crippen LogP contribution in [-0.4, -0.2) is 51.2 Å². The first-order valence-corrected chi connectivity index (χ1v) is 8.17. The van der Waals surface area contributed by atoms with Crippen molar-refractivity contribution >= 4 is 11.6 Å². The van der Waals surface area contributed by atoms with Crippen molar-refractivity contribution in [3.63, 3.8) is 0 Å². The van der Waals surface area contributed by atoms with E-state index in [1.807, 2.05) is 43.2 Å². The Morgan fingerprint density at radius 3 is 2.91 bits per heavy atom. The summed E-state index contributed by atoms with van der Waals surface area (Å²) in [5, 5.41) is 4.49. The summed E-state index contributed by atoms with van der Waals surface area (Å²) in [4.78, 5) is 19.0. The van der Waals surface area contributed by atoms with Crippen LogP contribution in [0.5, 0.6) is 0 Å². The van der Waals surface area contributed by atoms with Gasteiger partial charge in [0.1, 0.15) is 0 Å². The van der Waals surface area contributed by atoms with Gasteiger partial charge in [0.15, 0.2) is 5.65 Å². The van der Waals surface area contributed by atoms with E-state index >= 15 is 0 Å². The summed E-state index contributed by atoms with van der Waals surface area (Å²) in [6, 6.07) is 2.14. The molecule has 1 atom stereocenters. The zero-order chi connectivity index (χ0) is 16.6. The summed E-state index contributed by atoms with van der Waals surface area (Å²) in [6.45, 7) is 10.0. The van der Waals surface area contributed by atoms with Gasteiger partial charge in [-0.05, 0) is 39.7 Å². The molecule has 0 radical (unpaired) electrons. The Labute approximate surface area is 136 Å². The quantitative estimate of drug-likeness (QED) is 0.867. The number of hydrogen-bond donors (Lipinski definition) is 0. The van der Waals surface area contributed by atoms with Crippen molar-refractivity contribution < 1.29 is 9.53 Å². The van der Waals surface area contributed by atoms with E-state index in [2.05, 4.69) is 10.1 Å². The molecule has 6 heteroatoms. The smallest absolute Gasteiger partial charge is 0.223 e. The summed E-state index contributed by atoms with van der Waals surface area (Å²) in [5.41, 5.74) is 5.00. The number of ether oxygens (including phenoxy) is 1. The number of carbonyl (C=O) groups excluding carboxylic acids is 1. The highest BCUT2D eigenvalue weighted by molar-refractivity contribution is 5.77. The molecule has 23 heavy (non-hydrogen) atoms. The van der Waals surface area contributed by atoms with Crippen LogP contribution in [0.25, 0.3) is 5.65 Å². The third-order valence-corrected chi connectivity index (χ3v) is 4.56. The highest BCUT2D eigenvalue weighted by Crippen LogP contribution is 2.18. The van der Waals surface area contributed by atoms with E-state index < -0.39 is 0 Å². The van der Waals surface area contributed by atoms with Crippen LogP contribution in [-0.2, 0) is 16.0 Å². The average Bonchev–Trinajstić information content (AvgIpc) is 2.88. The van der Waals surface area contributed by atoms with Crippen LogP contribution in [0.4, 0.5) is 0 Å². The van der Waals surface area contributed by atoms with Crippen molar-refractivity contribution in [2.75, 3.05) is 19.8 Å². The molecular formula is C17H24N4O2. The molecule has 1 aliphatic rings. The maximum atomic E-state index is 12.5. The lowest BCUT2D eigenvalue weighted by molar-refractivity contribution is -0.139. The maximum absolute atomic E-state index is 12.5. The Morgan fingerprint density at radius 2 is 2.17 bits per heavy atom. The molecule has 0 bridgehead atoms. The summed E-state index contributed by atoms with van der Waals surface area (Å²) >= 11 is 0. The van der Waals surface area contributed by atoms with E-state index in [1.54, 1.807) is 0 Å². The lowest BCUT2D eigenvalue weighted by Gasteiger charge is -2.33. The van der Waals surface area contributed by atoms with Crippen molar-refractivity contribution in [3.05, 3.63) is 28.7 Å². The molecule has 1 amide bonds. The SMILES string of the molecule is Cc1cc2nc(C)c(CCC(=O)N3CCOC[C@H]3C)c(C)n2n1. The first-order valence-electron chi connectivity index (χ1n) is 8.17. The largest absolute Gasteiger partial charge is 0.377 e. The highest BCUT2D eigenvalue weighted by Gasteiger charge is 2.24. The van der Waals surface area contributed by atoms with Gasteiger partial charge in [-0.15, -0.1) is 0 Å². The fourth-order valence-electron chi connectivity index (χ4n) is 3.28. The lowest BCUT2D eigenvalue weighted by atomic mass is 10.1. The predicted octanol–water partition coefficient (Wildman–Crippen LogP) is 1.83. The summed E-state index contributed by atoms with van der Waals surface area (Å²) in [7, 11) is 0. The van der Waals surface area contributed by atoms with Crippen LogP contribution >= 0.6 is 0 Å². The van der Waals surface area contributed by atoms with Crippen LogP contribution < -0.4 is 0 Å². The van der Waals surface area contributed by atoms with E-state index in [9.17, 15) is 4.79 Å². The third kappa shape index (κ3) is 3.08. The van der Waals surface area contributed by atoms with Crippen LogP contribution in [0, 0.1) is 20.8 Å².